The molecule has 7 heteroatoms. The van der Waals surface area contributed by atoms with Gasteiger partial charge in [-0.25, -0.2) is 0 Å². The smallest absolute Gasteiger partial charge is 0.249 e. The summed E-state index contributed by atoms with van der Waals surface area (Å²) in [7, 11) is 0. The molecule has 0 unspecified atom stereocenters. The van der Waals surface area contributed by atoms with Gasteiger partial charge in [0.15, 0.2) is 11.5 Å². The fourth-order valence-corrected chi connectivity index (χ4v) is 3.66. The Labute approximate surface area is 158 Å². The Kier molecular flexibility index (Phi) is 5.01. The second kappa shape index (κ2) is 7.58. The molecule has 1 aliphatic carbocycles. The molecular weight excluding hydrogens is 346 g/mol. The Balaban J connectivity index is 1.55. The molecule has 0 bridgehead atoms. The van der Waals surface area contributed by atoms with E-state index in [2.05, 4.69) is 29.3 Å². The zero-order valence-electron chi connectivity index (χ0n) is 15.7. The minimum absolute atomic E-state index is 0.0978. The monoisotopic (exact) mass is 371 g/mol. The summed E-state index contributed by atoms with van der Waals surface area (Å²) in [5.74, 6) is 2.71. The van der Waals surface area contributed by atoms with Gasteiger partial charge in [0.1, 0.15) is 6.04 Å². The number of rotatable bonds is 6. The van der Waals surface area contributed by atoms with Crippen molar-refractivity contribution in [3.8, 4) is 22.9 Å². The van der Waals surface area contributed by atoms with Crippen LogP contribution < -0.4 is 14.8 Å². The summed E-state index contributed by atoms with van der Waals surface area (Å²) in [5.41, 5.74) is 0.791. The first kappa shape index (κ1) is 17.8. The van der Waals surface area contributed by atoms with Crippen LogP contribution in [0.4, 0.5) is 0 Å². The van der Waals surface area contributed by atoms with Gasteiger partial charge >= 0.3 is 0 Å². The predicted molar refractivity (Wildman–Crippen MR) is 98.2 cm³/mol. The number of nitrogens with one attached hydrogen (secondary N) is 1. The van der Waals surface area contributed by atoms with Crippen molar-refractivity contribution in [2.24, 2.45) is 11.8 Å². The second-order valence-corrected chi connectivity index (χ2v) is 7.38. The van der Waals surface area contributed by atoms with Crippen LogP contribution >= 0.6 is 0 Å². The molecule has 4 rings (SSSR count). The zero-order chi connectivity index (χ0) is 18.8. The van der Waals surface area contributed by atoms with E-state index in [0.29, 0.717) is 23.2 Å². The standard InChI is InChI=1S/C20H25N3O4/c1-3-12(2)17(21-19(24)13-6-4-5-7-13)20-22-18(23-27-20)14-8-9-15-16(10-14)26-11-25-15/h8-10,12-13,17H,3-7,11H2,1-2H3,(H,21,24)/t12-,17+/m0/s1. The molecule has 1 fully saturated rings. The minimum atomic E-state index is -0.279. The van der Waals surface area contributed by atoms with Gasteiger partial charge in [-0.2, -0.15) is 4.98 Å². The van der Waals surface area contributed by atoms with E-state index in [1.807, 2.05) is 18.2 Å². The molecule has 1 saturated carbocycles. The van der Waals surface area contributed by atoms with Crippen LogP contribution in [-0.2, 0) is 4.79 Å². The van der Waals surface area contributed by atoms with Crippen LogP contribution in [0.5, 0.6) is 11.5 Å². The number of carbonyl (C=O) groups is 1. The number of aromatic nitrogens is 2. The maximum atomic E-state index is 12.6. The predicted octanol–water partition coefficient (Wildman–Crippen LogP) is 3.86. The number of fused-ring (bicyclic) bond motifs is 1. The number of hydrogen-bond donors (Lipinski definition) is 1. The lowest BCUT2D eigenvalue weighted by Gasteiger charge is -2.22. The van der Waals surface area contributed by atoms with Gasteiger partial charge in [0.05, 0.1) is 0 Å². The van der Waals surface area contributed by atoms with E-state index in [9.17, 15) is 4.79 Å². The summed E-state index contributed by atoms with van der Waals surface area (Å²) in [5, 5.41) is 7.27. The SMILES string of the molecule is CC[C@H](C)[C@@H](NC(=O)C1CCCC1)c1nc(-c2ccc3c(c2)OCO3)no1. The minimum Gasteiger partial charge on any atom is -0.454 e. The number of nitrogens with zero attached hydrogens (tertiary/aromatic N) is 2. The summed E-state index contributed by atoms with van der Waals surface area (Å²) in [6.45, 7) is 4.40. The van der Waals surface area contributed by atoms with Crippen LogP contribution in [0.3, 0.4) is 0 Å². The summed E-state index contributed by atoms with van der Waals surface area (Å²) >= 11 is 0. The van der Waals surface area contributed by atoms with Crippen molar-refractivity contribution in [2.75, 3.05) is 6.79 Å². The molecule has 1 aromatic carbocycles. The van der Waals surface area contributed by atoms with E-state index in [0.717, 1.165) is 37.7 Å². The van der Waals surface area contributed by atoms with Gasteiger partial charge in [0, 0.05) is 11.5 Å². The van der Waals surface area contributed by atoms with Gasteiger partial charge in [0.25, 0.3) is 0 Å². The lowest BCUT2D eigenvalue weighted by atomic mass is 9.97. The Morgan fingerprint density at radius 2 is 2.04 bits per heavy atom. The van der Waals surface area contributed by atoms with Gasteiger partial charge in [-0.05, 0) is 37.0 Å². The Bertz CT molecular complexity index is 813. The van der Waals surface area contributed by atoms with E-state index in [-0.39, 0.29) is 30.6 Å². The number of benzene rings is 1. The first-order valence-corrected chi connectivity index (χ1v) is 9.69. The molecule has 0 spiro atoms. The third-order valence-electron chi connectivity index (χ3n) is 5.58. The van der Waals surface area contributed by atoms with E-state index in [1.165, 1.54) is 0 Å². The lowest BCUT2D eigenvalue weighted by molar-refractivity contribution is -0.126. The highest BCUT2D eigenvalue weighted by Gasteiger charge is 2.30. The molecule has 1 N–H and O–H groups in total. The Morgan fingerprint density at radius 3 is 2.81 bits per heavy atom. The van der Waals surface area contributed by atoms with Crippen molar-refractivity contribution in [3.05, 3.63) is 24.1 Å². The number of hydrogen-bond acceptors (Lipinski definition) is 6. The average molecular weight is 371 g/mol. The number of amides is 1. The molecule has 144 valence electrons. The summed E-state index contributed by atoms with van der Waals surface area (Å²) < 4.78 is 16.3. The van der Waals surface area contributed by atoms with Crippen LogP contribution in [0.1, 0.15) is 57.9 Å². The highest BCUT2D eigenvalue weighted by molar-refractivity contribution is 5.79. The van der Waals surface area contributed by atoms with Gasteiger partial charge in [-0.1, -0.05) is 38.3 Å². The molecular formula is C20H25N3O4. The van der Waals surface area contributed by atoms with E-state index >= 15 is 0 Å². The first-order valence-electron chi connectivity index (χ1n) is 9.69. The molecule has 1 amide bonds. The molecule has 0 radical (unpaired) electrons. The molecule has 2 aromatic rings. The number of ether oxygens (including phenoxy) is 2. The first-order chi connectivity index (χ1) is 13.2. The fraction of sp³-hybridized carbons (Fsp3) is 0.550. The Morgan fingerprint density at radius 1 is 1.26 bits per heavy atom. The van der Waals surface area contributed by atoms with Crippen molar-refractivity contribution >= 4 is 5.91 Å². The van der Waals surface area contributed by atoms with Crippen molar-refractivity contribution < 1.29 is 18.8 Å². The van der Waals surface area contributed by atoms with E-state index < -0.39 is 0 Å². The van der Waals surface area contributed by atoms with Gasteiger partial charge in [0.2, 0.25) is 24.4 Å². The number of carbonyl (C=O) groups excluding carboxylic acids is 1. The molecule has 2 aliphatic rings. The van der Waals surface area contributed by atoms with Gasteiger partial charge < -0.3 is 19.3 Å². The third-order valence-corrected chi connectivity index (χ3v) is 5.58. The van der Waals surface area contributed by atoms with Crippen LogP contribution in [0.2, 0.25) is 0 Å². The van der Waals surface area contributed by atoms with Crippen molar-refractivity contribution in [2.45, 2.75) is 52.0 Å². The molecule has 0 saturated heterocycles. The van der Waals surface area contributed by atoms with Crippen molar-refractivity contribution in [3.63, 3.8) is 0 Å². The lowest BCUT2D eigenvalue weighted by Crippen LogP contribution is -2.36. The summed E-state index contributed by atoms with van der Waals surface area (Å²) in [4.78, 5) is 17.2. The van der Waals surface area contributed by atoms with Gasteiger partial charge in [-0.3, -0.25) is 4.79 Å². The Hall–Kier alpha value is -2.57. The van der Waals surface area contributed by atoms with E-state index in [4.69, 9.17) is 14.0 Å². The highest BCUT2D eigenvalue weighted by Crippen LogP contribution is 2.36. The fourth-order valence-electron chi connectivity index (χ4n) is 3.66. The molecule has 2 atom stereocenters. The van der Waals surface area contributed by atoms with Crippen LogP contribution in [0, 0.1) is 11.8 Å². The summed E-state index contributed by atoms with van der Waals surface area (Å²) in [6, 6.07) is 5.27. The topological polar surface area (TPSA) is 86.5 Å². The third kappa shape index (κ3) is 3.63. The maximum absolute atomic E-state index is 12.6. The quantitative estimate of drug-likeness (QED) is 0.830. The highest BCUT2D eigenvalue weighted by atomic mass is 16.7. The van der Waals surface area contributed by atoms with Crippen molar-refractivity contribution in [1.82, 2.24) is 15.5 Å². The maximum Gasteiger partial charge on any atom is 0.249 e. The molecule has 2 heterocycles. The average Bonchev–Trinajstić information content (AvgIpc) is 3.45. The van der Waals surface area contributed by atoms with Crippen molar-refractivity contribution in [1.29, 1.82) is 0 Å². The van der Waals surface area contributed by atoms with Crippen LogP contribution in [-0.4, -0.2) is 22.8 Å². The molecule has 1 aromatic heterocycles. The largest absolute Gasteiger partial charge is 0.454 e. The molecule has 27 heavy (non-hydrogen) atoms. The van der Waals surface area contributed by atoms with Crippen LogP contribution in [0.15, 0.2) is 22.7 Å². The molecule has 1 aliphatic heterocycles. The zero-order valence-corrected chi connectivity index (χ0v) is 15.7. The van der Waals surface area contributed by atoms with Crippen LogP contribution in [0.25, 0.3) is 11.4 Å². The van der Waals surface area contributed by atoms with Gasteiger partial charge in [-0.15, -0.1) is 0 Å². The summed E-state index contributed by atoms with van der Waals surface area (Å²) in [6.07, 6.45) is 5.08. The second-order valence-electron chi connectivity index (χ2n) is 7.38. The van der Waals surface area contributed by atoms with E-state index in [1.54, 1.807) is 0 Å². The molecule has 7 nitrogen and oxygen atoms in total. The normalized spacial score (nSPS) is 18.4.